The summed E-state index contributed by atoms with van der Waals surface area (Å²) in [6, 6.07) is 0. The van der Waals surface area contributed by atoms with Gasteiger partial charge in [0.2, 0.25) is 0 Å². The number of hydrogen-bond acceptors (Lipinski definition) is 3. The fraction of sp³-hybridized carbons (Fsp3) is 0.625. The van der Waals surface area contributed by atoms with Gasteiger partial charge in [-0.2, -0.15) is 0 Å². The van der Waals surface area contributed by atoms with E-state index in [1.54, 1.807) is 11.6 Å². The predicted octanol–water partition coefficient (Wildman–Crippen LogP) is 0.729. The maximum absolute atomic E-state index is 11.7. The van der Waals surface area contributed by atoms with Crippen molar-refractivity contribution in [3.63, 3.8) is 0 Å². The molecule has 7 heteroatoms. The summed E-state index contributed by atoms with van der Waals surface area (Å²) in [6.45, 7) is 2.36. The highest BCUT2D eigenvalue weighted by Gasteiger charge is 2.17. The molecule has 0 aliphatic carbocycles. The number of hydrogen-bond donors (Lipinski definition) is 1. The first-order valence-electron chi connectivity index (χ1n) is 4.49. The summed E-state index contributed by atoms with van der Waals surface area (Å²) >= 11 is 3.29. The average Bonchev–Trinajstić information content (AvgIpc) is 2.62. The van der Waals surface area contributed by atoms with E-state index in [1.807, 2.05) is 6.92 Å². The molecule has 0 amide bonds. The van der Waals surface area contributed by atoms with Gasteiger partial charge in [-0.15, -0.1) is 0 Å². The number of imidazole rings is 1. The number of nitrogens with one attached hydrogen (secondary N) is 1. The number of alkyl halides is 1. The smallest absolute Gasteiger partial charge is 0.259 e. The van der Waals surface area contributed by atoms with Gasteiger partial charge in [0.15, 0.2) is 5.03 Å². The van der Waals surface area contributed by atoms with Crippen molar-refractivity contribution < 1.29 is 8.42 Å². The van der Waals surface area contributed by atoms with E-state index >= 15 is 0 Å². The topological polar surface area (TPSA) is 64.0 Å². The standard InChI is InChI=1S/C8H14BrN3O2S/c1-7(3-9)4-11-15(13,14)8-5-12(2)6-10-8/h5-7,11H,3-4H2,1-2H3. The van der Waals surface area contributed by atoms with Gasteiger partial charge in [-0.05, 0) is 5.92 Å². The SMILES string of the molecule is CC(CBr)CNS(=O)(=O)c1cn(C)cn1. The Morgan fingerprint density at radius 3 is 2.80 bits per heavy atom. The number of aromatic nitrogens is 2. The maximum Gasteiger partial charge on any atom is 0.259 e. The first-order valence-corrected chi connectivity index (χ1v) is 7.09. The maximum atomic E-state index is 11.7. The fourth-order valence-corrected chi connectivity index (χ4v) is 2.28. The molecule has 0 radical (unpaired) electrons. The number of aryl methyl sites for hydroxylation is 1. The summed E-state index contributed by atoms with van der Waals surface area (Å²) in [5, 5.41) is 0.823. The molecule has 0 saturated heterocycles. The summed E-state index contributed by atoms with van der Waals surface area (Å²) in [5.74, 6) is 0.253. The molecule has 0 saturated carbocycles. The van der Waals surface area contributed by atoms with Gasteiger partial charge in [-0.25, -0.2) is 18.1 Å². The highest BCUT2D eigenvalue weighted by Crippen LogP contribution is 2.05. The van der Waals surface area contributed by atoms with E-state index in [0.717, 1.165) is 5.33 Å². The lowest BCUT2D eigenvalue weighted by Gasteiger charge is -2.08. The second-order valence-corrected chi connectivity index (χ2v) is 5.85. The van der Waals surface area contributed by atoms with Crippen LogP contribution in [0.3, 0.4) is 0 Å². The summed E-state index contributed by atoms with van der Waals surface area (Å²) in [6.07, 6.45) is 2.93. The van der Waals surface area contributed by atoms with E-state index in [2.05, 4.69) is 25.6 Å². The highest BCUT2D eigenvalue weighted by atomic mass is 79.9. The molecule has 0 aliphatic rings. The molecule has 86 valence electrons. The molecule has 0 bridgehead atoms. The van der Waals surface area contributed by atoms with Gasteiger partial charge < -0.3 is 4.57 Å². The van der Waals surface area contributed by atoms with Crippen molar-refractivity contribution in [2.24, 2.45) is 13.0 Å². The number of halogens is 1. The van der Waals surface area contributed by atoms with Crippen molar-refractivity contribution in [1.29, 1.82) is 0 Å². The van der Waals surface area contributed by atoms with E-state index in [1.165, 1.54) is 12.5 Å². The Hall–Kier alpha value is -0.400. The highest BCUT2D eigenvalue weighted by molar-refractivity contribution is 9.09. The fourth-order valence-electron chi connectivity index (χ4n) is 0.908. The van der Waals surface area contributed by atoms with Crippen LogP contribution < -0.4 is 4.72 Å². The predicted molar refractivity (Wildman–Crippen MR) is 61.4 cm³/mol. The molecule has 1 atom stereocenters. The summed E-state index contributed by atoms with van der Waals surface area (Å²) in [4.78, 5) is 3.79. The largest absolute Gasteiger partial charge is 0.339 e. The summed E-state index contributed by atoms with van der Waals surface area (Å²) in [7, 11) is -1.72. The summed E-state index contributed by atoms with van der Waals surface area (Å²) in [5.41, 5.74) is 0. The van der Waals surface area contributed by atoms with Crippen molar-refractivity contribution >= 4 is 26.0 Å². The van der Waals surface area contributed by atoms with Crippen LogP contribution in [0, 0.1) is 5.92 Å². The van der Waals surface area contributed by atoms with E-state index < -0.39 is 10.0 Å². The molecule has 0 spiro atoms. The molecule has 0 aromatic carbocycles. The van der Waals surface area contributed by atoms with Crippen LogP contribution >= 0.6 is 15.9 Å². The van der Waals surface area contributed by atoms with Crippen molar-refractivity contribution in [3.8, 4) is 0 Å². The van der Waals surface area contributed by atoms with Gasteiger partial charge in [0.05, 0.1) is 6.33 Å². The zero-order valence-corrected chi connectivity index (χ0v) is 11.0. The van der Waals surface area contributed by atoms with Crippen molar-refractivity contribution in [3.05, 3.63) is 12.5 Å². The van der Waals surface area contributed by atoms with Gasteiger partial charge in [-0.1, -0.05) is 22.9 Å². The van der Waals surface area contributed by atoms with Crippen molar-refractivity contribution in [1.82, 2.24) is 14.3 Å². The van der Waals surface area contributed by atoms with Crippen LogP contribution in [0.5, 0.6) is 0 Å². The van der Waals surface area contributed by atoms with Crippen LogP contribution in [0.25, 0.3) is 0 Å². The zero-order valence-electron chi connectivity index (χ0n) is 8.64. The lowest BCUT2D eigenvalue weighted by atomic mass is 10.2. The van der Waals surface area contributed by atoms with Gasteiger partial charge in [0.25, 0.3) is 10.0 Å². The molecule has 1 heterocycles. The number of nitrogens with zero attached hydrogens (tertiary/aromatic N) is 2. The molecule has 1 aromatic heterocycles. The van der Waals surface area contributed by atoms with Crippen LogP contribution in [-0.2, 0) is 17.1 Å². The Morgan fingerprint density at radius 2 is 2.33 bits per heavy atom. The molecule has 15 heavy (non-hydrogen) atoms. The first-order chi connectivity index (χ1) is 6.95. The monoisotopic (exact) mass is 295 g/mol. The Labute approximate surface area is 98.1 Å². The molecule has 0 fully saturated rings. The lowest BCUT2D eigenvalue weighted by Crippen LogP contribution is -2.29. The second kappa shape index (κ2) is 5.09. The Kier molecular flexibility index (Phi) is 4.30. The summed E-state index contributed by atoms with van der Waals surface area (Å²) < 4.78 is 27.4. The molecule has 1 N–H and O–H groups in total. The molecule has 5 nitrogen and oxygen atoms in total. The molecule has 0 aliphatic heterocycles. The average molecular weight is 296 g/mol. The quantitative estimate of drug-likeness (QED) is 0.815. The van der Waals surface area contributed by atoms with Crippen molar-refractivity contribution in [2.75, 3.05) is 11.9 Å². The van der Waals surface area contributed by atoms with Crippen LogP contribution in [0.4, 0.5) is 0 Å². The van der Waals surface area contributed by atoms with Gasteiger partial charge in [0, 0.05) is 25.1 Å². The van der Waals surface area contributed by atoms with Crippen molar-refractivity contribution in [2.45, 2.75) is 11.9 Å². The molecule has 1 aromatic rings. The van der Waals surface area contributed by atoms with E-state index in [0.29, 0.717) is 6.54 Å². The molecular weight excluding hydrogens is 282 g/mol. The Bertz CT molecular complexity index is 415. The number of sulfonamides is 1. The van der Waals surface area contributed by atoms with Gasteiger partial charge in [0.1, 0.15) is 0 Å². The molecule has 1 rings (SSSR count). The van der Waals surface area contributed by atoms with Gasteiger partial charge >= 0.3 is 0 Å². The first kappa shape index (κ1) is 12.7. The van der Waals surface area contributed by atoms with E-state index in [-0.39, 0.29) is 10.9 Å². The van der Waals surface area contributed by atoms with Crippen LogP contribution in [0.2, 0.25) is 0 Å². The van der Waals surface area contributed by atoms with Crippen LogP contribution in [0.1, 0.15) is 6.92 Å². The molecule has 1 unspecified atom stereocenters. The zero-order chi connectivity index (χ0) is 11.5. The minimum atomic E-state index is -3.45. The number of rotatable bonds is 5. The molecular formula is C8H14BrN3O2S. The third kappa shape index (κ3) is 3.58. The normalized spacial score (nSPS) is 14.1. The Balaban J connectivity index is 2.68. The van der Waals surface area contributed by atoms with Gasteiger partial charge in [-0.3, -0.25) is 0 Å². The minimum absolute atomic E-state index is 0.0618. The third-order valence-corrected chi connectivity index (χ3v) is 4.26. The van der Waals surface area contributed by atoms with E-state index in [9.17, 15) is 8.42 Å². The third-order valence-electron chi connectivity index (χ3n) is 1.84. The minimum Gasteiger partial charge on any atom is -0.339 e. The Morgan fingerprint density at radius 1 is 1.67 bits per heavy atom. The second-order valence-electron chi connectivity index (χ2n) is 3.49. The van der Waals surface area contributed by atoms with Crippen LogP contribution in [0.15, 0.2) is 17.6 Å². The lowest BCUT2D eigenvalue weighted by molar-refractivity contribution is 0.560. The van der Waals surface area contributed by atoms with E-state index in [4.69, 9.17) is 0 Å². The van der Waals surface area contributed by atoms with Crippen LogP contribution in [-0.4, -0.2) is 29.8 Å².